The van der Waals surface area contributed by atoms with Crippen LogP contribution < -0.4 is 0 Å². The number of carbonyl (C=O) groups is 1. The molecule has 1 aromatic rings. The number of carbonyl (C=O) groups excluding carboxylic acids is 1. The summed E-state index contributed by atoms with van der Waals surface area (Å²) < 4.78 is 10.4. The quantitative estimate of drug-likeness (QED) is 0.727. The van der Waals surface area contributed by atoms with E-state index in [1.807, 2.05) is 6.07 Å². The number of allylic oxidation sites excluding steroid dienone is 1. The Labute approximate surface area is 101 Å². The lowest BCUT2D eigenvalue weighted by atomic mass is 10.2. The molecule has 1 saturated heterocycles. The summed E-state index contributed by atoms with van der Waals surface area (Å²) in [6, 6.07) is 3.63. The standard InChI is InChI=1S/C13H17NO3/c15-12(3-4-13-2-1-9-17-13)5-6-14-7-10-16-11-8-14/h1-4,9H,5-8,10-11H2/b4-3-. The van der Waals surface area contributed by atoms with Crippen molar-refractivity contribution in [1.82, 2.24) is 4.90 Å². The smallest absolute Gasteiger partial charge is 0.157 e. The van der Waals surface area contributed by atoms with Crippen molar-refractivity contribution in [3.8, 4) is 0 Å². The molecule has 0 atom stereocenters. The molecule has 4 nitrogen and oxygen atoms in total. The minimum absolute atomic E-state index is 0.132. The molecule has 2 rings (SSSR count). The van der Waals surface area contributed by atoms with E-state index in [0.29, 0.717) is 12.2 Å². The Hall–Kier alpha value is -1.39. The lowest BCUT2D eigenvalue weighted by Crippen LogP contribution is -2.37. The normalized spacial score (nSPS) is 17.6. The van der Waals surface area contributed by atoms with Gasteiger partial charge in [0.25, 0.3) is 0 Å². The van der Waals surface area contributed by atoms with Gasteiger partial charge in [-0.1, -0.05) is 0 Å². The number of hydrogen-bond donors (Lipinski definition) is 0. The second-order valence-electron chi connectivity index (χ2n) is 4.02. The maximum atomic E-state index is 11.6. The highest BCUT2D eigenvalue weighted by Gasteiger charge is 2.10. The molecule has 17 heavy (non-hydrogen) atoms. The van der Waals surface area contributed by atoms with Crippen LogP contribution in [-0.2, 0) is 9.53 Å². The number of rotatable bonds is 5. The van der Waals surface area contributed by atoms with Crippen LogP contribution in [0.25, 0.3) is 6.08 Å². The molecule has 1 fully saturated rings. The predicted octanol–water partition coefficient (Wildman–Crippen LogP) is 1.58. The molecule has 1 aromatic heterocycles. The van der Waals surface area contributed by atoms with Crippen LogP contribution in [0, 0.1) is 0 Å². The second kappa shape index (κ2) is 6.37. The molecule has 0 unspecified atom stereocenters. The molecule has 1 aliphatic heterocycles. The number of morpholine rings is 1. The van der Waals surface area contributed by atoms with Gasteiger partial charge in [-0.3, -0.25) is 9.69 Å². The SMILES string of the molecule is O=C(/C=C\c1ccco1)CCN1CCOCC1. The number of furan rings is 1. The van der Waals surface area contributed by atoms with E-state index in [0.717, 1.165) is 32.8 Å². The molecular formula is C13H17NO3. The average Bonchev–Trinajstić information content (AvgIpc) is 2.88. The minimum Gasteiger partial charge on any atom is -0.465 e. The zero-order valence-corrected chi connectivity index (χ0v) is 9.80. The summed E-state index contributed by atoms with van der Waals surface area (Å²) in [5.74, 6) is 0.845. The summed E-state index contributed by atoms with van der Waals surface area (Å²) in [6.07, 6.45) is 5.44. The Morgan fingerprint density at radius 1 is 1.41 bits per heavy atom. The first-order chi connectivity index (χ1) is 8.34. The highest BCUT2D eigenvalue weighted by Crippen LogP contribution is 2.04. The van der Waals surface area contributed by atoms with Crippen molar-refractivity contribution in [1.29, 1.82) is 0 Å². The summed E-state index contributed by atoms with van der Waals surface area (Å²) in [5, 5.41) is 0. The van der Waals surface area contributed by atoms with Gasteiger partial charge in [-0.05, 0) is 24.3 Å². The molecule has 0 amide bonds. The van der Waals surface area contributed by atoms with Crippen molar-refractivity contribution >= 4 is 11.9 Å². The van der Waals surface area contributed by atoms with E-state index >= 15 is 0 Å². The van der Waals surface area contributed by atoms with Gasteiger partial charge in [0.2, 0.25) is 0 Å². The molecule has 0 aliphatic carbocycles. The fourth-order valence-electron chi connectivity index (χ4n) is 1.74. The Morgan fingerprint density at radius 3 is 2.94 bits per heavy atom. The van der Waals surface area contributed by atoms with Crippen LogP contribution in [0.2, 0.25) is 0 Å². The first-order valence-electron chi connectivity index (χ1n) is 5.89. The summed E-state index contributed by atoms with van der Waals surface area (Å²) in [6.45, 7) is 4.21. The van der Waals surface area contributed by atoms with Crippen LogP contribution in [0.3, 0.4) is 0 Å². The molecule has 2 heterocycles. The van der Waals surface area contributed by atoms with E-state index in [-0.39, 0.29) is 5.78 Å². The van der Waals surface area contributed by atoms with E-state index in [1.54, 1.807) is 24.5 Å². The first kappa shape index (κ1) is 12.1. The van der Waals surface area contributed by atoms with Crippen LogP contribution in [0.1, 0.15) is 12.2 Å². The largest absolute Gasteiger partial charge is 0.465 e. The van der Waals surface area contributed by atoms with Gasteiger partial charge >= 0.3 is 0 Å². The van der Waals surface area contributed by atoms with E-state index in [1.165, 1.54) is 0 Å². The molecule has 0 N–H and O–H groups in total. The van der Waals surface area contributed by atoms with E-state index < -0.39 is 0 Å². The van der Waals surface area contributed by atoms with Crippen LogP contribution >= 0.6 is 0 Å². The first-order valence-corrected chi connectivity index (χ1v) is 5.89. The van der Waals surface area contributed by atoms with Crippen molar-refractivity contribution in [2.45, 2.75) is 6.42 Å². The van der Waals surface area contributed by atoms with Gasteiger partial charge in [-0.2, -0.15) is 0 Å². The molecular weight excluding hydrogens is 218 g/mol. The molecule has 1 aliphatic rings. The highest BCUT2D eigenvalue weighted by molar-refractivity contribution is 5.93. The zero-order chi connectivity index (χ0) is 11.9. The van der Waals surface area contributed by atoms with Gasteiger partial charge < -0.3 is 9.15 Å². The van der Waals surface area contributed by atoms with Crippen LogP contribution in [0.4, 0.5) is 0 Å². The Bertz CT molecular complexity index is 364. The molecule has 0 aromatic carbocycles. The van der Waals surface area contributed by atoms with Gasteiger partial charge in [-0.25, -0.2) is 0 Å². The van der Waals surface area contributed by atoms with Crippen molar-refractivity contribution in [2.75, 3.05) is 32.8 Å². The van der Waals surface area contributed by atoms with E-state index in [2.05, 4.69) is 4.90 Å². The summed E-state index contributed by atoms with van der Waals surface area (Å²) in [7, 11) is 0. The summed E-state index contributed by atoms with van der Waals surface area (Å²) in [4.78, 5) is 13.8. The zero-order valence-electron chi connectivity index (χ0n) is 9.80. The average molecular weight is 235 g/mol. The van der Waals surface area contributed by atoms with Crippen LogP contribution in [0.15, 0.2) is 28.9 Å². The molecule has 0 saturated carbocycles. The Kier molecular flexibility index (Phi) is 4.53. The number of nitrogens with zero attached hydrogens (tertiary/aromatic N) is 1. The molecule has 0 radical (unpaired) electrons. The highest BCUT2D eigenvalue weighted by atomic mass is 16.5. The van der Waals surface area contributed by atoms with Gasteiger partial charge in [0.05, 0.1) is 19.5 Å². The third-order valence-corrected chi connectivity index (χ3v) is 2.75. The third kappa shape index (κ3) is 4.17. The van der Waals surface area contributed by atoms with E-state index in [9.17, 15) is 4.79 Å². The minimum atomic E-state index is 0.132. The number of ketones is 1. The van der Waals surface area contributed by atoms with Gasteiger partial charge in [0.1, 0.15) is 5.76 Å². The fraction of sp³-hybridized carbons (Fsp3) is 0.462. The van der Waals surface area contributed by atoms with Gasteiger partial charge in [0.15, 0.2) is 5.78 Å². The van der Waals surface area contributed by atoms with Crippen LogP contribution in [0.5, 0.6) is 0 Å². The maximum absolute atomic E-state index is 11.6. The lowest BCUT2D eigenvalue weighted by Gasteiger charge is -2.25. The Morgan fingerprint density at radius 2 is 2.24 bits per heavy atom. The van der Waals surface area contributed by atoms with Gasteiger partial charge in [-0.15, -0.1) is 0 Å². The topological polar surface area (TPSA) is 42.7 Å². The number of hydrogen-bond acceptors (Lipinski definition) is 4. The lowest BCUT2D eigenvalue weighted by molar-refractivity contribution is -0.115. The third-order valence-electron chi connectivity index (χ3n) is 2.75. The van der Waals surface area contributed by atoms with Gasteiger partial charge in [0, 0.05) is 26.1 Å². The monoisotopic (exact) mass is 235 g/mol. The molecule has 0 spiro atoms. The molecule has 92 valence electrons. The summed E-state index contributed by atoms with van der Waals surface area (Å²) in [5.41, 5.74) is 0. The molecule has 0 bridgehead atoms. The van der Waals surface area contributed by atoms with Crippen molar-refractivity contribution in [2.24, 2.45) is 0 Å². The van der Waals surface area contributed by atoms with Crippen molar-refractivity contribution in [3.05, 3.63) is 30.2 Å². The van der Waals surface area contributed by atoms with Crippen molar-refractivity contribution in [3.63, 3.8) is 0 Å². The maximum Gasteiger partial charge on any atom is 0.157 e. The fourth-order valence-corrected chi connectivity index (χ4v) is 1.74. The number of ether oxygens (including phenoxy) is 1. The van der Waals surface area contributed by atoms with E-state index in [4.69, 9.17) is 9.15 Å². The summed E-state index contributed by atoms with van der Waals surface area (Å²) >= 11 is 0. The van der Waals surface area contributed by atoms with Crippen LogP contribution in [-0.4, -0.2) is 43.5 Å². The van der Waals surface area contributed by atoms with Crippen molar-refractivity contribution < 1.29 is 13.9 Å². The Balaban J connectivity index is 1.70. The predicted molar refractivity (Wildman–Crippen MR) is 64.6 cm³/mol. The second-order valence-corrected chi connectivity index (χ2v) is 4.02. The molecule has 4 heteroatoms.